The van der Waals surface area contributed by atoms with E-state index in [1.165, 1.54) is 69.3 Å². The molecule has 0 spiro atoms. The minimum Gasteiger partial charge on any atom is -0.370 e. The lowest BCUT2D eigenvalue weighted by Gasteiger charge is -2.72. The second kappa shape index (κ2) is 19.2. The predicted molar refractivity (Wildman–Crippen MR) is 281 cm³/mol. The van der Waals surface area contributed by atoms with Crippen molar-refractivity contribution in [3.63, 3.8) is 0 Å². The fourth-order valence-electron chi connectivity index (χ4n) is 16.9. The number of amides is 2. The largest absolute Gasteiger partial charge is 0.370 e. The SMILES string of the molecule is NC(=O)CC(C(=O)N(c1cccc2nc(NCCCNCC3CC=CCC3)ccc12)c1cccc2nc(NCCNCc3csnn3)ccc12)(C12CC3CC(CC(C3)C1)C2)C12CC3CC(CC(C3)C1)C2. The van der Waals surface area contributed by atoms with E-state index in [0.717, 1.165) is 128 Å². The number of anilines is 4. The summed E-state index contributed by atoms with van der Waals surface area (Å²) in [5, 5.41) is 22.2. The zero-order valence-electron chi connectivity index (χ0n) is 40.8. The number of fused-ring (bicyclic) bond motifs is 2. The maximum atomic E-state index is 17.6. The van der Waals surface area contributed by atoms with Gasteiger partial charge in [0.25, 0.3) is 0 Å². The lowest BCUT2D eigenvalue weighted by molar-refractivity contribution is -0.226. The van der Waals surface area contributed by atoms with Gasteiger partial charge in [0.1, 0.15) is 11.6 Å². The molecule has 14 rings (SSSR count). The second-order valence-electron chi connectivity index (χ2n) is 23.3. The molecule has 8 fully saturated rings. The Balaban J connectivity index is 0.936. The fraction of sp³-hybridized carbons (Fsp3) is 0.579. The van der Waals surface area contributed by atoms with Crippen molar-refractivity contribution in [2.45, 2.75) is 116 Å². The van der Waals surface area contributed by atoms with E-state index < -0.39 is 5.41 Å². The minimum atomic E-state index is -0.963. The molecule has 2 aromatic carbocycles. The summed E-state index contributed by atoms with van der Waals surface area (Å²) in [5.74, 6) is 5.66. The molecule has 1 unspecified atom stereocenters. The molecule has 9 aliphatic rings. The van der Waals surface area contributed by atoms with Crippen molar-refractivity contribution in [3.05, 3.63) is 83.9 Å². The highest BCUT2D eigenvalue weighted by atomic mass is 32.1. The monoisotopic (exact) mass is 961 g/mol. The van der Waals surface area contributed by atoms with E-state index >= 15 is 4.79 Å². The molecule has 8 saturated carbocycles. The van der Waals surface area contributed by atoms with Crippen LogP contribution in [0.3, 0.4) is 0 Å². The zero-order chi connectivity index (χ0) is 47.3. The van der Waals surface area contributed by atoms with Crippen LogP contribution in [0.4, 0.5) is 23.0 Å². The lowest BCUT2D eigenvalue weighted by Crippen LogP contribution is -2.70. The standard InChI is InChI=1S/C57H72N10O2S/c58-51(68)33-57(55-27-38-21-39(28-55)23-40(22-38)29-55,56-30-41-24-42(31-56)26-43(25-41)32-56)54(69)67(50-12-5-10-48-46(50)14-16-53(64-48)62-20-19-60-35-44-36-70-66-65-44)49-11-4-9-47-45(49)13-15-52(63-47)61-18-6-17-59-34-37-7-2-1-3-8-37/h1-2,4-5,9-16,36-43,59-60H,3,6-8,17-35H2,(H2,58,68)(H,61,63)(H,62,64). The number of hydrogen-bond acceptors (Lipinski definition) is 11. The summed E-state index contributed by atoms with van der Waals surface area (Å²) in [5.41, 5.74) is 9.29. The summed E-state index contributed by atoms with van der Waals surface area (Å²) in [4.78, 5) is 44.4. The average Bonchev–Trinajstić information content (AvgIpc) is 3.87. The van der Waals surface area contributed by atoms with E-state index in [4.69, 9.17) is 15.7 Å². The Bertz CT molecular complexity index is 2620. The van der Waals surface area contributed by atoms with Crippen LogP contribution in [-0.2, 0) is 16.1 Å². The summed E-state index contributed by atoms with van der Waals surface area (Å²) in [6.07, 6.45) is 23.1. The summed E-state index contributed by atoms with van der Waals surface area (Å²) >= 11 is 1.36. The van der Waals surface area contributed by atoms with Crippen molar-refractivity contribution >= 4 is 68.2 Å². The van der Waals surface area contributed by atoms with Crippen LogP contribution in [0.1, 0.15) is 115 Å². The fourth-order valence-corrected chi connectivity index (χ4v) is 17.4. The van der Waals surface area contributed by atoms with Crippen LogP contribution in [0.15, 0.2) is 78.2 Å². The number of nitrogens with one attached hydrogen (secondary N) is 4. The Kier molecular flexibility index (Phi) is 12.7. The molecular formula is C57H72N10O2S. The molecule has 5 aromatic rings. The number of primary amides is 1. The van der Waals surface area contributed by atoms with Gasteiger partial charge in [0, 0.05) is 48.8 Å². The Morgan fingerprint density at radius 3 is 1.77 bits per heavy atom. The number of benzene rings is 2. The topological polar surface area (TPSA) is 163 Å². The van der Waals surface area contributed by atoms with E-state index in [0.29, 0.717) is 48.6 Å². The molecular weight excluding hydrogens is 889 g/mol. The first-order valence-electron chi connectivity index (χ1n) is 27.0. The Hall–Kier alpha value is -4.98. The number of nitrogens with zero attached hydrogens (tertiary/aromatic N) is 5. The first kappa shape index (κ1) is 46.1. The van der Waals surface area contributed by atoms with Crippen LogP contribution in [0.25, 0.3) is 21.8 Å². The van der Waals surface area contributed by atoms with Gasteiger partial charge in [0.2, 0.25) is 11.8 Å². The van der Waals surface area contributed by atoms with Gasteiger partial charge in [-0.05, 0) is 228 Å². The van der Waals surface area contributed by atoms with E-state index in [1.54, 1.807) is 0 Å². The third kappa shape index (κ3) is 8.59. The molecule has 8 bridgehead atoms. The number of nitrogens with two attached hydrogens (primary N) is 1. The summed E-state index contributed by atoms with van der Waals surface area (Å²) in [6, 6.07) is 20.9. The van der Waals surface area contributed by atoms with Crippen molar-refractivity contribution in [1.29, 1.82) is 0 Å². The number of carbonyl (C=O) groups excluding carboxylic acids is 2. The average molecular weight is 961 g/mol. The smallest absolute Gasteiger partial charge is 0.239 e. The van der Waals surface area contributed by atoms with Gasteiger partial charge in [-0.2, -0.15) is 0 Å². The van der Waals surface area contributed by atoms with Crippen LogP contribution < -0.4 is 31.9 Å². The van der Waals surface area contributed by atoms with Crippen LogP contribution in [0.2, 0.25) is 0 Å². The summed E-state index contributed by atoms with van der Waals surface area (Å²) < 4.78 is 3.97. The van der Waals surface area contributed by atoms with Gasteiger partial charge in [0.15, 0.2) is 0 Å². The van der Waals surface area contributed by atoms with Gasteiger partial charge in [-0.15, -0.1) is 5.10 Å². The van der Waals surface area contributed by atoms with E-state index in [-0.39, 0.29) is 29.1 Å². The lowest BCUT2D eigenvalue weighted by atomic mass is 9.32. The maximum Gasteiger partial charge on any atom is 0.239 e. The molecule has 3 aromatic heterocycles. The number of pyridine rings is 2. The quantitative estimate of drug-likeness (QED) is 0.0375. The van der Waals surface area contributed by atoms with E-state index in [2.05, 4.69) is 103 Å². The highest BCUT2D eigenvalue weighted by Crippen LogP contribution is 2.77. The third-order valence-electron chi connectivity index (χ3n) is 18.8. The second-order valence-corrected chi connectivity index (χ2v) is 23.9. The Morgan fingerprint density at radius 2 is 1.26 bits per heavy atom. The summed E-state index contributed by atoms with van der Waals surface area (Å²) in [6.45, 7) is 4.92. The van der Waals surface area contributed by atoms with Gasteiger partial charge in [-0.1, -0.05) is 28.8 Å². The first-order valence-corrected chi connectivity index (χ1v) is 27.8. The molecule has 13 heteroatoms. The third-order valence-corrected chi connectivity index (χ3v) is 19.3. The highest BCUT2D eigenvalue weighted by molar-refractivity contribution is 7.03. The molecule has 12 nitrogen and oxygen atoms in total. The predicted octanol–water partition coefficient (Wildman–Crippen LogP) is 10.5. The highest BCUT2D eigenvalue weighted by Gasteiger charge is 2.74. The Morgan fingerprint density at radius 1 is 0.686 bits per heavy atom. The van der Waals surface area contributed by atoms with Gasteiger partial charge in [0.05, 0.1) is 33.5 Å². The van der Waals surface area contributed by atoms with Crippen LogP contribution in [-0.4, -0.2) is 64.1 Å². The summed E-state index contributed by atoms with van der Waals surface area (Å²) in [7, 11) is 0. The molecule has 0 saturated heterocycles. The van der Waals surface area contributed by atoms with Gasteiger partial charge in [-0.25, -0.2) is 9.97 Å². The number of rotatable bonds is 20. The van der Waals surface area contributed by atoms with Gasteiger partial charge < -0.3 is 27.0 Å². The number of allylic oxidation sites excluding steroid dienone is 2. The van der Waals surface area contributed by atoms with Crippen LogP contribution in [0.5, 0.6) is 0 Å². The number of aromatic nitrogens is 4. The van der Waals surface area contributed by atoms with Crippen molar-refractivity contribution in [2.24, 2.45) is 63.4 Å². The molecule has 70 heavy (non-hydrogen) atoms. The van der Waals surface area contributed by atoms with Crippen LogP contribution in [0, 0.1) is 57.7 Å². The molecule has 3 heterocycles. The normalized spacial score (nSPS) is 30.2. The molecule has 1 atom stereocenters. The van der Waals surface area contributed by atoms with E-state index in [9.17, 15) is 4.79 Å². The van der Waals surface area contributed by atoms with E-state index in [1.807, 2.05) is 11.4 Å². The number of hydrogen-bond donors (Lipinski definition) is 5. The molecule has 2 amide bonds. The molecule has 0 aliphatic heterocycles. The van der Waals surface area contributed by atoms with Crippen molar-refractivity contribution in [3.8, 4) is 0 Å². The van der Waals surface area contributed by atoms with Crippen molar-refractivity contribution in [1.82, 2.24) is 30.2 Å². The maximum absolute atomic E-state index is 17.6. The minimum absolute atomic E-state index is 0.0812. The first-order chi connectivity index (χ1) is 34.3. The molecule has 6 N–H and O–H groups in total. The molecule has 368 valence electrons. The van der Waals surface area contributed by atoms with Gasteiger partial charge >= 0.3 is 0 Å². The number of carbonyl (C=O) groups is 2. The molecule has 0 radical (unpaired) electrons. The van der Waals surface area contributed by atoms with Crippen LogP contribution >= 0.6 is 11.5 Å². The molecule has 9 aliphatic carbocycles. The van der Waals surface area contributed by atoms with Crippen molar-refractivity contribution in [2.75, 3.05) is 48.3 Å². The van der Waals surface area contributed by atoms with Crippen molar-refractivity contribution < 1.29 is 9.59 Å². The zero-order valence-corrected chi connectivity index (χ0v) is 41.7. The Labute approximate surface area is 417 Å². The van der Waals surface area contributed by atoms with Gasteiger partial charge in [-0.3, -0.25) is 14.5 Å².